The summed E-state index contributed by atoms with van der Waals surface area (Å²) >= 11 is 0. The van der Waals surface area contributed by atoms with E-state index in [9.17, 15) is 4.79 Å². The largest absolute Gasteiger partial charge is 0.455 e. The van der Waals surface area contributed by atoms with Crippen molar-refractivity contribution in [2.75, 3.05) is 36.9 Å². The molecule has 2 heterocycles. The lowest BCUT2D eigenvalue weighted by atomic mass is 10.2. The third kappa shape index (κ3) is 5.62. The number of para-hydroxylation sites is 2. The van der Waals surface area contributed by atoms with Gasteiger partial charge in [0.25, 0.3) is 0 Å². The van der Waals surface area contributed by atoms with Crippen molar-refractivity contribution in [1.29, 1.82) is 0 Å². The molecule has 2 aromatic carbocycles. The molecule has 1 amide bonds. The molecule has 0 bridgehead atoms. The van der Waals surface area contributed by atoms with Gasteiger partial charge in [0.1, 0.15) is 5.75 Å². The number of anilines is 2. The van der Waals surface area contributed by atoms with E-state index in [0.29, 0.717) is 24.0 Å². The number of hydrogen-bond acceptors (Lipinski definition) is 6. The molecule has 1 saturated heterocycles. The van der Waals surface area contributed by atoms with Gasteiger partial charge in [-0.2, -0.15) is 5.10 Å². The number of carbonyl (C=O) groups is 1. The number of rotatable bonds is 8. The molecule has 0 radical (unpaired) electrons. The summed E-state index contributed by atoms with van der Waals surface area (Å²) in [4.78, 5) is 17.1. The highest BCUT2D eigenvalue weighted by Gasteiger charge is 2.27. The molecule has 0 spiro atoms. The molecule has 0 saturated carbocycles. The summed E-state index contributed by atoms with van der Waals surface area (Å²) in [5.41, 5.74) is 1.83. The highest BCUT2D eigenvalue weighted by Crippen LogP contribution is 2.29. The molecule has 3 aromatic rings. The molecular weight excluding hydrogens is 402 g/mol. The van der Waals surface area contributed by atoms with Gasteiger partial charge in [-0.15, -0.1) is 5.10 Å². The molecule has 1 aliphatic rings. The van der Waals surface area contributed by atoms with Crippen LogP contribution in [0.25, 0.3) is 0 Å². The fourth-order valence-corrected chi connectivity index (χ4v) is 4.03. The fourth-order valence-electron chi connectivity index (χ4n) is 4.03. The number of hydrogen-bond donors (Lipinski definition) is 1. The van der Waals surface area contributed by atoms with Crippen LogP contribution in [0.3, 0.4) is 0 Å². The first-order chi connectivity index (χ1) is 15.6. The van der Waals surface area contributed by atoms with Crippen LogP contribution >= 0.6 is 0 Å². The second-order valence-electron chi connectivity index (χ2n) is 8.23. The summed E-state index contributed by atoms with van der Waals surface area (Å²) in [5, 5.41) is 11.2. The van der Waals surface area contributed by atoms with Gasteiger partial charge in [0.05, 0.1) is 12.2 Å². The van der Waals surface area contributed by atoms with Crippen LogP contribution in [-0.4, -0.2) is 53.7 Å². The molecule has 7 heteroatoms. The van der Waals surface area contributed by atoms with Crippen molar-refractivity contribution in [3.8, 4) is 11.5 Å². The van der Waals surface area contributed by atoms with Gasteiger partial charge in [-0.1, -0.05) is 29.8 Å². The third-order valence-electron chi connectivity index (χ3n) is 5.58. The lowest BCUT2D eigenvalue weighted by Gasteiger charge is -2.29. The number of amides is 1. The summed E-state index contributed by atoms with van der Waals surface area (Å²) in [6.45, 7) is 4.08. The minimum absolute atomic E-state index is 0.0727. The summed E-state index contributed by atoms with van der Waals surface area (Å²) in [6, 6.07) is 19.6. The fraction of sp³-hybridized carbons (Fsp3) is 0.320. The van der Waals surface area contributed by atoms with Crippen LogP contribution in [0.5, 0.6) is 11.5 Å². The number of nitrogens with one attached hydrogen (secondary N) is 1. The molecule has 1 aliphatic heterocycles. The predicted molar refractivity (Wildman–Crippen MR) is 126 cm³/mol. The Morgan fingerprint density at radius 2 is 1.97 bits per heavy atom. The minimum atomic E-state index is -0.0727. The van der Waals surface area contributed by atoms with Gasteiger partial charge in [-0.25, -0.2) is 0 Å². The third-order valence-corrected chi connectivity index (χ3v) is 5.58. The smallest absolute Gasteiger partial charge is 0.238 e. The summed E-state index contributed by atoms with van der Waals surface area (Å²) in [5.74, 6) is 2.18. The number of benzene rings is 2. The molecule has 1 unspecified atom stereocenters. The number of likely N-dealkylation sites (N-methyl/N-ethyl adjacent to an activating group) is 1. The SMILES string of the molecule is Cc1ccc(Oc2ccccc2NC(=O)CN(C)CC2CCCN2c2cccnn2)cc1. The molecule has 1 fully saturated rings. The minimum Gasteiger partial charge on any atom is -0.455 e. The van der Waals surface area contributed by atoms with Gasteiger partial charge in [-0.3, -0.25) is 9.69 Å². The summed E-state index contributed by atoms with van der Waals surface area (Å²) < 4.78 is 5.99. The zero-order valence-electron chi connectivity index (χ0n) is 18.6. The number of ether oxygens (including phenoxy) is 1. The van der Waals surface area contributed by atoms with Crippen molar-refractivity contribution in [3.05, 3.63) is 72.4 Å². The Kier molecular flexibility index (Phi) is 6.97. The highest BCUT2D eigenvalue weighted by molar-refractivity contribution is 5.93. The molecular formula is C25H29N5O2. The lowest BCUT2D eigenvalue weighted by molar-refractivity contribution is -0.117. The maximum absolute atomic E-state index is 12.8. The molecule has 7 nitrogen and oxygen atoms in total. The van der Waals surface area contributed by atoms with E-state index in [1.165, 1.54) is 5.56 Å². The monoisotopic (exact) mass is 431 g/mol. The molecule has 166 valence electrons. The van der Waals surface area contributed by atoms with Crippen molar-refractivity contribution >= 4 is 17.4 Å². The van der Waals surface area contributed by atoms with E-state index in [1.54, 1.807) is 6.20 Å². The zero-order valence-corrected chi connectivity index (χ0v) is 18.6. The van der Waals surface area contributed by atoms with Crippen LogP contribution in [0.4, 0.5) is 11.5 Å². The molecule has 4 rings (SSSR count). The molecule has 1 aromatic heterocycles. The first kappa shape index (κ1) is 21.8. The van der Waals surface area contributed by atoms with Crippen molar-refractivity contribution in [3.63, 3.8) is 0 Å². The van der Waals surface area contributed by atoms with Gasteiger partial charge < -0.3 is 15.0 Å². The Hall–Kier alpha value is -3.45. The highest BCUT2D eigenvalue weighted by atomic mass is 16.5. The molecule has 1 atom stereocenters. The average Bonchev–Trinajstić information content (AvgIpc) is 3.25. The second-order valence-corrected chi connectivity index (χ2v) is 8.23. The number of aryl methyl sites for hydroxylation is 1. The van der Waals surface area contributed by atoms with Crippen LogP contribution in [0.15, 0.2) is 66.9 Å². The van der Waals surface area contributed by atoms with Gasteiger partial charge in [0.15, 0.2) is 11.6 Å². The van der Waals surface area contributed by atoms with Gasteiger partial charge in [0, 0.05) is 25.3 Å². The van der Waals surface area contributed by atoms with Gasteiger partial charge in [0.2, 0.25) is 5.91 Å². The van der Waals surface area contributed by atoms with Crippen molar-refractivity contribution in [2.24, 2.45) is 0 Å². The molecule has 32 heavy (non-hydrogen) atoms. The topological polar surface area (TPSA) is 70.6 Å². The maximum atomic E-state index is 12.8. The van der Waals surface area contributed by atoms with Gasteiger partial charge >= 0.3 is 0 Å². The Morgan fingerprint density at radius 3 is 2.75 bits per heavy atom. The first-order valence-electron chi connectivity index (χ1n) is 10.9. The van der Waals surface area contributed by atoms with Crippen molar-refractivity contribution in [2.45, 2.75) is 25.8 Å². The quantitative estimate of drug-likeness (QED) is 0.579. The molecule has 0 aliphatic carbocycles. The van der Waals surface area contributed by atoms with Crippen LogP contribution in [0.1, 0.15) is 18.4 Å². The summed E-state index contributed by atoms with van der Waals surface area (Å²) in [6.07, 6.45) is 3.88. The van der Waals surface area contributed by atoms with Gasteiger partial charge in [-0.05, 0) is 63.2 Å². The summed E-state index contributed by atoms with van der Waals surface area (Å²) in [7, 11) is 1.97. The van der Waals surface area contributed by atoms with Crippen LogP contribution in [-0.2, 0) is 4.79 Å². The predicted octanol–water partition coefficient (Wildman–Crippen LogP) is 4.12. The standard InChI is InChI=1S/C25H29N5O2/c1-19-11-13-21(14-12-19)32-23-9-4-3-8-22(23)27-25(31)18-29(2)17-20-7-6-16-30(20)24-10-5-15-26-28-24/h3-5,8-15,20H,6-7,16-18H2,1-2H3,(H,27,31). The Balaban J connectivity index is 1.34. The Morgan fingerprint density at radius 1 is 1.16 bits per heavy atom. The number of carbonyl (C=O) groups excluding carboxylic acids is 1. The Bertz CT molecular complexity index is 1030. The Labute approximate surface area is 189 Å². The average molecular weight is 432 g/mol. The van der Waals surface area contributed by atoms with E-state index in [4.69, 9.17) is 4.74 Å². The van der Waals surface area contributed by atoms with E-state index in [1.807, 2.05) is 74.6 Å². The second kappa shape index (κ2) is 10.2. The van der Waals surface area contributed by atoms with Crippen LogP contribution in [0, 0.1) is 6.92 Å². The van der Waals surface area contributed by atoms with E-state index in [2.05, 4.69) is 25.3 Å². The number of aromatic nitrogens is 2. The van der Waals surface area contributed by atoms with E-state index < -0.39 is 0 Å². The van der Waals surface area contributed by atoms with Crippen LogP contribution < -0.4 is 15.0 Å². The first-order valence-corrected chi connectivity index (χ1v) is 10.9. The van der Waals surface area contributed by atoms with E-state index in [0.717, 1.165) is 37.5 Å². The van der Waals surface area contributed by atoms with Crippen molar-refractivity contribution < 1.29 is 9.53 Å². The van der Waals surface area contributed by atoms with Crippen molar-refractivity contribution in [1.82, 2.24) is 15.1 Å². The lowest BCUT2D eigenvalue weighted by Crippen LogP contribution is -2.42. The van der Waals surface area contributed by atoms with Crippen LogP contribution in [0.2, 0.25) is 0 Å². The molecule has 1 N–H and O–H groups in total. The maximum Gasteiger partial charge on any atom is 0.238 e. The zero-order chi connectivity index (χ0) is 22.3. The van der Waals surface area contributed by atoms with E-state index >= 15 is 0 Å². The normalized spacial score (nSPS) is 15.7. The number of nitrogens with zero attached hydrogens (tertiary/aromatic N) is 4. The van der Waals surface area contributed by atoms with E-state index in [-0.39, 0.29) is 5.91 Å².